The lowest BCUT2D eigenvalue weighted by Crippen LogP contribution is -2.27. The molecule has 0 bridgehead atoms. The summed E-state index contributed by atoms with van der Waals surface area (Å²) in [5.41, 5.74) is 0.673. The second-order valence-electron chi connectivity index (χ2n) is 5.06. The van der Waals surface area contributed by atoms with Crippen LogP contribution >= 0.6 is 11.3 Å². The van der Waals surface area contributed by atoms with Crippen LogP contribution in [0, 0.1) is 12.7 Å². The third-order valence-electron chi connectivity index (χ3n) is 3.42. The molecule has 0 atom stereocenters. The molecule has 1 saturated heterocycles. The van der Waals surface area contributed by atoms with Gasteiger partial charge in [-0.3, -0.25) is 4.57 Å². The molecule has 4 nitrogen and oxygen atoms in total. The lowest BCUT2D eigenvalue weighted by atomic mass is 10.3. The van der Waals surface area contributed by atoms with Crippen molar-refractivity contribution in [1.82, 2.24) is 9.47 Å². The van der Waals surface area contributed by atoms with Gasteiger partial charge in [-0.25, -0.2) is 9.18 Å². The van der Waals surface area contributed by atoms with Crippen molar-refractivity contribution in [1.29, 1.82) is 0 Å². The first-order valence-corrected chi connectivity index (χ1v) is 7.74. The van der Waals surface area contributed by atoms with E-state index < -0.39 is 0 Å². The Labute approximate surface area is 126 Å². The highest BCUT2D eigenvalue weighted by molar-refractivity contribution is 7.09. The fourth-order valence-electron chi connectivity index (χ4n) is 2.41. The van der Waals surface area contributed by atoms with Gasteiger partial charge in [0.05, 0.1) is 5.69 Å². The summed E-state index contributed by atoms with van der Waals surface area (Å²) >= 11 is 1.43. The van der Waals surface area contributed by atoms with E-state index in [1.54, 1.807) is 21.6 Å². The standard InChI is InChI=1S/C15H16FN3OS/c1-11-10-19(13-6-4-5-12(16)9-13)15(21-11)17-14(20)18-7-2-3-8-18/h4-6,9-10H,2-3,7-8H2,1H3/b17-15-. The van der Waals surface area contributed by atoms with Gasteiger partial charge in [0.25, 0.3) is 0 Å². The Hall–Kier alpha value is -1.95. The first-order valence-electron chi connectivity index (χ1n) is 6.92. The number of carbonyl (C=O) groups excluding carboxylic acids is 1. The third kappa shape index (κ3) is 3.05. The van der Waals surface area contributed by atoms with Gasteiger partial charge in [-0.2, -0.15) is 4.99 Å². The van der Waals surface area contributed by atoms with Gasteiger partial charge in [-0.15, -0.1) is 11.3 Å². The van der Waals surface area contributed by atoms with Crippen molar-refractivity contribution in [2.45, 2.75) is 19.8 Å². The maximum atomic E-state index is 13.4. The average molecular weight is 305 g/mol. The van der Waals surface area contributed by atoms with Crippen molar-refractivity contribution in [3.8, 4) is 5.69 Å². The summed E-state index contributed by atoms with van der Waals surface area (Å²) in [6.07, 6.45) is 3.94. The van der Waals surface area contributed by atoms with E-state index in [0.717, 1.165) is 30.8 Å². The van der Waals surface area contributed by atoms with Gasteiger partial charge >= 0.3 is 6.03 Å². The monoisotopic (exact) mass is 305 g/mol. The minimum Gasteiger partial charge on any atom is -0.323 e. The molecule has 1 fully saturated rings. The van der Waals surface area contributed by atoms with E-state index in [4.69, 9.17) is 0 Å². The van der Waals surface area contributed by atoms with Gasteiger partial charge in [0.15, 0.2) is 4.80 Å². The molecule has 2 aromatic rings. The van der Waals surface area contributed by atoms with Crippen molar-refractivity contribution >= 4 is 17.4 Å². The fourth-order valence-corrected chi connectivity index (χ4v) is 3.23. The topological polar surface area (TPSA) is 37.6 Å². The van der Waals surface area contributed by atoms with Crippen LogP contribution in [0.1, 0.15) is 17.7 Å². The summed E-state index contributed by atoms with van der Waals surface area (Å²) in [5.74, 6) is -0.305. The first kappa shape index (κ1) is 14.0. The highest BCUT2D eigenvalue weighted by Crippen LogP contribution is 2.12. The smallest absolute Gasteiger partial charge is 0.323 e. The van der Waals surface area contributed by atoms with E-state index in [9.17, 15) is 9.18 Å². The summed E-state index contributed by atoms with van der Waals surface area (Å²) in [7, 11) is 0. The molecule has 3 rings (SSSR count). The van der Waals surface area contributed by atoms with Gasteiger partial charge in [0.1, 0.15) is 5.82 Å². The summed E-state index contributed by atoms with van der Waals surface area (Å²) in [5, 5.41) is 0. The number of amides is 2. The molecular formula is C15H16FN3OS. The van der Waals surface area contributed by atoms with E-state index in [1.807, 2.05) is 13.1 Å². The molecule has 0 radical (unpaired) electrons. The van der Waals surface area contributed by atoms with E-state index in [2.05, 4.69) is 4.99 Å². The molecule has 0 unspecified atom stereocenters. The zero-order chi connectivity index (χ0) is 14.8. The van der Waals surface area contributed by atoms with Crippen molar-refractivity contribution < 1.29 is 9.18 Å². The largest absolute Gasteiger partial charge is 0.346 e. The molecule has 0 aliphatic carbocycles. The predicted octanol–water partition coefficient (Wildman–Crippen LogP) is 3.10. The Morgan fingerprint density at radius 1 is 1.33 bits per heavy atom. The predicted molar refractivity (Wildman–Crippen MR) is 80.1 cm³/mol. The Morgan fingerprint density at radius 2 is 2.10 bits per heavy atom. The van der Waals surface area contributed by atoms with Crippen LogP contribution in [0.15, 0.2) is 35.5 Å². The molecule has 0 N–H and O–H groups in total. The summed E-state index contributed by atoms with van der Waals surface area (Å²) in [6, 6.07) is 6.08. The zero-order valence-corrected chi connectivity index (χ0v) is 12.6. The molecule has 6 heteroatoms. The number of aryl methyl sites for hydroxylation is 1. The normalized spacial score (nSPS) is 15.7. The molecule has 1 aromatic carbocycles. The molecule has 2 amide bonds. The molecule has 110 valence electrons. The second-order valence-corrected chi connectivity index (χ2v) is 6.28. The molecule has 0 saturated carbocycles. The minimum absolute atomic E-state index is 0.209. The van der Waals surface area contributed by atoms with Gasteiger partial charge in [0, 0.05) is 24.2 Å². The first-order chi connectivity index (χ1) is 10.1. The SMILES string of the molecule is Cc1cn(-c2cccc(F)c2)/c(=N/C(=O)N2CCCC2)s1. The lowest BCUT2D eigenvalue weighted by Gasteiger charge is -2.10. The maximum Gasteiger partial charge on any atom is 0.346 e. The van der Waals surface area contributed by atoms with Crippen LogP contribution in [0.5, 0.6) is 0 Å². The van der Waals surface area contributed by atoms with Gasteiger partial charge in [0.2, 0.25) is 0 Å². The van der Waals surface area contributed by atoms with E-state index >= 15 is 0 Å². The number of carbonyl (C=O) groups is 1. The average Bonchev–Trinajstić information content (AvgIpc) is 3.08. The number of urea groups is 1. The number of benzene rings is 1. The molecule has 1 aliphatic rings. The van der Waals surface area contributed by atoms with Crippen LogP contribution in [0.3, 0.4) is 0 Å². The summed E-state index contributed by atoms with van der Waals surface area (Å²) in [4.78, 5) is 19.7. The molecule has 21 heavy (non-hydrogen) atoms. The molecule has 1 aromatic heterocycles. The number of rotatable bonds is 1. The Bertz CT molecular complexity index is 729. The molecule has 2 heterocycles. The zero-order valence-electron chi connectivity index (χ0n) is 11.8. The highest BCUT2D eigenvalue weighted by Gasteiger charge is 2.17. The van der Waals surface area contributed by atoms with Crippen LogP contribution in [-0.4, -0.2) is 28.6 Å². The van der Waals surface area contributed by atoms with Crippen LogP contribution in [0.2, 0.25) is 0 Å². The third-order valence-corrected chi connectivity index (χ3v) is 4.32. The lowest BCUT2D eigenvalue weighted by molar-refractivity contribution is 0.218. The van der Waals surface area contributed by atoms with E-state index in [0.29, 0.717) is 10.5 Å². The number of hydrogen-bond acceptors (Lipinski definition) is 2. The van der Waals surface area contributed by atoms with Crippen LogP contribution in [0.25, 0.3) is 5.69 Å². The number of aromatic nitrogens is 1. The maximum absolute atomic E-state index is 13.4. The van der Waals surface area contributed by atoms with Crippen molar-refractivity contribution in [2.75, 3.05) is 13.1 Å². The van der Waals surface area contributed by atoms with Crippen molar-refractivity contribution in [3.05, 3.63) is 46.0 Å². The van der Waals surface area contributed by atoms with Crippen molar-refractivity contribution in [3.63, 3.8) is 0 Å². The number of halogens is 1. The summed E-state index contributed by atoms with van der Waals surface area (Å²) in [6.45, 7) is 3.49. The van der Waals surface area contributed by atoms with Gasteiger partial charge in [-0.05, 0) is 38.0 Å². The van der Waals surface area contributed by atoms with Gasteiger partial charge < -0.3 is 4.90 Å². The fraction of sp³-hybridized carbons (Fsp3) is 0.333. The number of likely N-dealkylation sites (tertiary alicyclic amines) is 1. The Kier molecular flexibility index (Phi) is 3.88. The molecule has 1 aliphatic heterocycles. The van der Waals surface area contributed by atoms with Crippen LogP contribution in [0.4, 0.5) is 9.18 Å². The van der Waals surface area contributed by atoms with Crippen LogP contribution < -0.4 is 4.80 Å². The highest BCUT2D eigenvalue weighted by atomic mass is 32.1. The van der Waals surface area contributed by atoms with E-state index in [-0.39, 0.29) is 11.8 Å². The number of hydrogen-bond donors (Lipinski definition) is 0. The minimum atomic E-state index is -0.305. The Balaban J connectivity index is 2.01. The van der Waals surface area contributed by atoms with E-state index in [1.165, 1.54) is 23.5 Å². The number of thiazole rings is 1. The quantitative estimate of drug-likeness (QED) is 0.797. The second kappa shape index (κ2) is 5.81. The van der Waals surface area contributed by atoms with Crippen LogP contribution in [-0.2, 0) is 0 Å². The summed E-state index contributed by atoms with van der Waals surface area (Å²) < 4.78 is 15.1. The molecule has 0 spiro atoms. The number of nitrogens with zero attached hydrogens (tertiary/aromatic N) is 3. The van der Waals surface area contributed by atoms with Crippen molar-refractivity contribution in [2.24, 2.45) is 4.99 Å². The Morgan fingerprint density at radius 3 is 2.81 bits per heavy atom. The van der Waals surface area contributed by atoms with Gasteiger partial charge in [-0.1, -0.05) is 6.07 Å². The molecular weight excluding hydrogens is 289 g/mol.